The highest BCUT2D eigenvalue weighted by Gasteiger charge is 2.17. The number of ether oxygens (including phenoxy) is 1. The second-order valence-corrected chi connectivity index (χ2v) is 4.95. The predicted octanol–water partition coefficient (Wildman–Crippen LogP) is 1.02. The van der Waals surface area contributed by atoms with Gasteiger partial charge in [-0.15, -0.1) is 4.83 Å². The molecule has 0 amide bonds. The van der Waals surface area contributed by atoms with Crippen LogP contribution in [0.5, 0.6) is 5.75 Å². The molecule has 0 unspecified atom stereocenters. The zero-order valence-electron chi connectivity index (χ0n) is 9.14. The number of unbranched alkanes of at least 4 members (excludes halogenated alkanes) is 1. The van der Waals surface area contributed by atoms with Crippen LogP contribution in [-0.4, -0.2) is 15.0 Å². The molecule has 0 aliphatic heterocycles. The molecule has 0 aliphatic rings. The number of hydrazine groups is 1. The molecule has 0 fully saturated rings. The topological polar surface area (TPSA) is 81.4 Å². The molecule has 1 aromatic rings. The Balaban J connectivity index is 2.92. The average Bonchev–Trinajstić information content (AvgIpc) is 2.30. The summed E-state index contributed by atoms with van der Waals surface area (Å²) < 4.78 is 28.5. The number of benzene rings is 1. The van der Waals surface area contributed by atoms with Crippen molar-refractivity contribution in [1.82, 2.24) is 4.83 Å². The molecule has 0 bridgehead atoms. The second kappa shape index (κ2) is 5.83. The van der Waals surface area contributed by atoms with Crippen LogP contribution in [0.15, 0.2) is 29.2 Å². The van der Waals surface area contributed by atoms with Crippen LogP contribution in [0.25, 0.3) is 0 Å². The van der Waals surface area contributed by atoms with E-state index >= 15 is 0 Å². The third-order valence-electron chi connectivity index (χ3n) is 2.05. The van der Waals surface area contributed by atoms with Crippen molar-refractivity contribution in [1.29, 1.82) is 0 Å². The Morgan fingerprint density at radius 2 is 2.06 bits per heavy atom. The van der Waals surface area contributed by atoms with Crippen LogP contribution in [-0.2, 0) is 10.0 Å². The van der Waals surface area contributed by atoms with Gasteiger partial charge in [-0.25, -0.2) is 8.42 Å². The second-order valence-electron chi connectivity index (χ2n) is 3.27. The van der Waals surface area contributed by atoms with E-state index in [9.17, 15) is 8.42 Å². The zero-order chi connectivity index (χ0) is 12.0. The molecule has 16 heavy (non-hydrogen) atoms. The number of hydrogen-bond donors (Lipinski definition) is 2. The Kier molecular flexibility index (Phi) is 4.72. The molecule has 0 saturated carbocycles. The molecular weight excluding hydrogens is 228 g/mol. The SMILES string of the molecule is CCCCOc1ccccc1S(=O)(=O)NN. The molecule has 0 radical (unpaired) electrons. The molecular formula is C10H16N2O3S. The normalized spacial score (nSPS) is 11.4. The quantitative estimate of drug-likeness (QED) is 0.444. The maximum absolute atomic E-state index is 11.5. The minimum absolute atomic E-state index is 0.0635. The van der Waals surface area contributed by atoms with Gasteiger partial charge in [0.05, 0.1) is 6.61 Å². The molecule has 3 N–H and O–H groups in total. The Morgan fingerprint density at radius 3 is 2.69 bits per heavy atom. The predicted molar refractivity (Wildman–Crippen MR) is 61.4 cm³/mol. The van der Waals surface area contributed by atoms with Crippen LogP contribution in [0.4, 0.5) is 0 Å². The molecule has 6 heteroatoms. The van der Waals surface area contributed by atoms with E-state index in [4.69, 9.17) is 10.6 Å². The maximum Gasteiger partial charge on any atom is 0.256 e. The highest BCUT2D eigenvalue weighted by Crippen LogP contribution is 2.22. The van der Waals surface area contributed by atoms with Crippen LogP contribution in [0.3, 0.4) is 0 Å². The molecule has 90 valence electrons. The molecule has 0 spiro atoms. The smallest absolute Gasteiger partial charge is 0.256 e. The van der Waals surface area contributed by atoms with E-state index < -0.39 is 10.0 Å². The van der Waals surface area contributed by atoms with Gasteiger partial charge >= 0.3 is 0 Å². The van der Waals surface area contributed by atoms with Crippen molar-refractivity contribution in [3.63, 3.8) is 0 Å². The summed E-state index contributed by atoms with van der Waals surface area (Å²) in [5.74, 6) is 5.30. The molecule has 0 aliphatic carbocycles. The van der Waals surface area contributed by atoms with Crippen LogP contribution in [0.1, 0.15) is 19.8 Å². The largest absolute Gasteiger partial charge is 0.492 e. The Hall–Kier alpha value is -1.11. The number of nitrogens with one attached hydrogen (secondary N) is 1. The van der Waals surface area contributed by atoms with Gasteiger partial charge in [-0.05, 0) is 18.6 Å². The van der Waals surface area contributed by atoms with Gasteiger partial charge in [-0.2, -0.15) is 0 Å². The highest BCUT2D eigenvalue weighted by molar-refractivity contribution is 7.89. The van der Waals surface area contributed by atoms with E-state index in [1.807, 2.05) is 6.92 Å². The number of hydrogen-bond acceptors (Lipinski definition) is 4. The van der Waals surface area contributed by atoms with Gasteiger partial charge in [0.2, 0.25) is 0 Å². The molecule has 0 aromatic heterocycles. The highest BCUT2D eigenvalue weighted by atomic mass is 32.2. The summed E-state index contributed by atoms with van der Waals surface area (Å²) >= 11 is 0. The molecule has 1 rings (SSSR count). The summed E-state index contributed by atoms with van der Waals surface area (Å²) in [7, 11) is -3.66. The third kappa shape index (κ3) is 3.19. The fourth-order valence-electron chi connectivity index (χ4n) is 1.18. The molecule has 0 heterocycles. The average molecular weight is 244 g/mol. The first kappa shape index (κ1) is 13.0. The van der Waals surface area contributed by atoms with Crippen molar-refractivity contribution in [2.24, 2.45) is 5.84 Å². The first-order valence-electron chi connectivity index (χ1n) is 5.06. The van der Waals surface area contributed by atoms with Crippen LogP contribution >= 0.6 is 0 Å². The van der Waals surface area contributed by atoms with Gasteiger partial charge in [0.25, 0.3) is 10.0 Å². The number of nitrogens with two attached hydrogens (primary N) is 1. The van der Waals surface area contributed by atoms with E-state index in [2.05, 4.69) is 0 Å². The minimum Gasteiger partial charge on any atom is -0.492 e. The lowest BCUT2D eigenvalue weighted by atomic mass is 10.3. The minimum atomic E-state index is -3.66. The Labute approximate surface area is 95.6 Å². The van der Waals surface area contributed by atoms with E-state index in [1.54, 1.807) is 23.0 Å². The summed E-state index contributed by atoms with van der Waals surface area (Å²) in [4.78, 5) is 1.84. The first-order valence-corrected chi connectivity index (χ1v) is 6.54. The van der Waals surface area contributed by atoms with Crippen molar-refractivity contribution in [2.45, 2.75) is 24.7 Å². The molecule has 0 saturated heterocycles. The summed E-state index contributed by atoms with van der Waals surface area (Å²) in [6.45, 7) is 2.53. The van der Waals surface area contributed by atoms with Gasteiger partial charge in [0.1, 0.15) is 10.6 Å². The van der Waals surface area contributed by atoms with Gasteiger partial charge in [-0.3, -0.25) is 5.84 Å². The maximum atomic E-state index is 11.5. The standard InChI is InChI=1S/C10H16N2O3S/c1-2-3-8-15-9-6-4-5-7-10(9)16(13,14)12-11/h4-7,12H,2-3,8,11H2,1H3. The van der Waals surface area contributed by atoms with E-state index in [1.165, 1.54) is 6.07 Å². The lowest BCUT2D eigenvalue weighted by Gasteiger charge is -2.10. The van der Waals surface area contributed by atoms with Crippen molar-refractivity contribution < 1.29 is 13.2 Å². The number of rotatable bonds is 6. The molecule has 1 aromatic carbocycles. The third-order valence-corrected chi connectivity index (χ3v) is 3.28. The van der Waals surface area contributed by atoms with Crippen molar-refractivity contribution in [2.75, 3.05) is 6.61 Å². The van der Waals surface area contributed by atoms with Crippen LogP contribution < -0.4 is 15.4 Å². The van der Waals surface area contributed by atoms with Gasteiger partial charge in [0.15, 0.2) is 0 Å². The summed E-state index contributed by atoms with van der Waals surface area (Å²) in [6.07, 6.45) is 1.87. The summed E-state index contributed by atoms with van der Waals surface area (Å²) in [5.41, 5.74) is 0. The lowest BCUT2D eigenvalue weighted by Crippen LogP contribution is -2.30. The Bertz CT molecular complexity index is 431. The fourth-order valence-corrected chi connectivity index (χ4v) is 1.96. The first-order chi connectivity index (χ1) is 7.61. The van der Waals surface area contributed by atoms with E-state index in [-0.39, 0.29) is 4.90 Å². The fraction of sp³-hybridized carbons (Fsp3) is 0.400. The van der Waals surface area contributed by atoms with E-state index in [0.717, 1.165) is 12.8 Å². The monoisotopic (exact) mass is 244 g/mol. The van der Waals surface area contributed by atoms with E-state index in [0.29, 0.717) is 12.4 Å². The van der Waals surface area contributed by atoms with Crippen LogP contribution in [0, 0.1) is 0 Å². The summed E-state index contributed by atoms with van der Waals surface area (Å²) in [6, 6.07) is 6.41. The van der Waals surface area contributed by atoms with Gasteiger partial charge < -0.3 is 4.74 Å². The van der Waals surface area contributed by atoms with Crippen molar-refractivity contribution in [3.8, 4) is 5.75 Å². The number of sulfonamides is 1. The molecule has 5 nitrogen and oxygen atoms in total. The van der Waals surface area contributed by atoms with Gasteiger partial charge in [0, 0.05) is 0 Å². The lowest BCUT2D eigenvalue weighted by molar-refractivity contribution is 0.301. The van der Waals surface area contributed by atoms with Crippen LogP contribution in [0.2, 0.25) is 0 Å². The molecule has 0 atom stereocenters. The van der Waals surface area contributed by atoms with Crippen molar-refractivity contribution >= 4 is 10.0 Å². The summed E-state index contributed by atoms with van der Waals surface area (Å²) in [5, 5.41) is 0. The Morgan fingerprint density at radius 1 is 1.38 bits per heavy atom. The zero-order valence-corrected chi connectivity index (χ0v) is 9.96. The van der Waals surface area contributed by atoms with Crippen molar-refractivity contribution in [3.05, 3.63) is 24.3 Å². The van der Waals surface area contributed by atoms with Gasteiger partial charge in [-0.1, -0.05) is 25.5 Å². The number of para-hydroxylation sites is 1.